The van der Waals surface area contributed by atoms with Crippen molar-refractivity contribution in [2.45, 2.75) is 0 Å². The maximum atomic E-state index is 12.3. The molecular formula is C18H12Cl2N2O2S. The molecule has 0 radical (unpaired) electrons. The summed E-state index contributed by atoms with van der Waals surface area (Å²) in [6.07, 6.45) is 0. The summed E-state index contributed by atoms with van der Waals surface area (Å²) in [6.45, 7) is 0. The minimum absolute atomic E-state index is 0.180. The Bertz CT molecular complexity index is 909. The summed E-state index contributed by atoms with van der Waals surface area (Å²) in [5, 5.41) is 8.19. The SMILES string of the molecule is O=C(Nc1ccc(Cl)cc1Cl)c1ccc(NC(=O)c2cccs2)cc1. The molecule has 1 aromatic heterocycles. The zero-order valence-electron chi connectivity index (χ0n) is 12.8. The molecule has 0 saturated heterocycles. The van der Waals surface area contributed by atoms with Crippen LogP contribution >= 0.6 is 34.5 Å². The van der Waals surface area contributed by atoms with Crippen molar-refractivity contribution in [2.75, 3.05) is 10.6 Å². The number of hydrogen-bond donors (Lipinski definition) is 2. The van der Waals surface area contributed by atoms with Crippen molar-refractivity contribution < 1.29 is 9.59 Å². The van der Waals surface area contributed by atoms with Crippen molar-refractivity contribution in [3.63, 3.8) is 0 Å². The van der Waals surface area contributed by atoms with Crippen molar-refractivity contribution >= 4 is 57.7 Å². The minimum Gasteiger partial charge on any atom is -0.321 e. The third-order valence-electron chi connectivity index (χ3n) is 3.33. The van der Waals surface area contributed by atoms with Crippen molar-refractivity contribution in [1.29, 1.82) is 0 Å². The van der Waals surface area contributed by atoms with E-state index in [2.05, 4.69) is 10.6 Å². The number of thiophene rings is 1. The molecular weight excluding hydrogens is 379 g/mol. The van der Waals surface area contributed by atoms with E-state index in [1.807, 2.05) is 11.4 Å². The second kappa shape index (κ2) is 7.70. The van der Waals surface area contributed by atoms with Gasteiger partial charge in [-0.15, -0.1) is 11.3 Å². The van der Waals surface area contributed by atoms with E-state index in [1.54, 1.807) is 48.5 Å². The monoisotopic (exact) mass is 390 g/mol. The van der Waals surface area contributed by atoms with Crippen LogP contribution in [0.15, 0.2) is 60.0 Å². The lowest BCUT2D eigenvalue weighted by Crippen LogP contribution is -2.13. The number of nitrogens with one attached hydrogen (secondary N) is 2. The summed E-state index contributed by atoms with van der Waals surface area (Å²) in [4.78, 5) is 24.9. The average Bonchev–Trinajstić information content (AvgIpc) is 3.13. The maximum absolute atomic E-state index is 12.3. The molecule has 3 aromatic rings. The molecule has 0 atom stereocenters. The van der Waals surface area contributed by atoms with E-state index < -0.39 is 0 Å². The molecule has 0 aliphatic carbocycles. The highest BCUT2D eigenvalue weighted by Crippen LogP contribution is 2.26. The Morgan fingerprint density at radius 3 is 2.28 bits per heavy atom. The molecule has 0 fully saturated rings. The molecule has 3 rings (SSSR count). The van der Waals surface area contributed by atoms with Crippen LogP contribution in [0.3, 0.4) is 0 Å². The summed E-state index contributed by atoms with van der Waals surface area (Å²) in [5.74, 6) is -0.486. The molecule has 0 aliphatic heterocycles. The molecule has 126 valence electrons. The highest BCUT2D eigenvalue weighted by molar-refractivity contribution is 7.12. The number of hydrogen-bond acceptors (Lipinski definition) is 3. The van der Waals surface area contributed by atoms with Gasteiger partial charge in [0.1, 0.15) is 0 Å². The van der Waals surface area contributed by atoms with Crippen LogP contribution in [-0.4, -0.2) is 11.8 Å². The number of carbonyl (C=O) groups is 2. The highest BCUT2D eigenvalue weighted by atomic mass is 35.5. The van der Waals surface area contributed by atoms with E-state index in [0.29, 0.717) is 31.9 Å². The zero-order chi connectivity index (χ0) is 17.8. The van der Waals surface area contributed by atoms with Crippen molar-refractivity contribution in [3.05, 3.63) is 80.5 Å². The molecule has 25 heavy (non-hydrogen) atoms. The fourth-order valence-corrected chi connectivity index (χ4v) is 3.17. The van der Waals surface area contributed by atoms with Gasteiger partial charge >= 0.3 is 0 Å². The Morgan fingerprint density at radius 2 is 1.64 bits per heavy atom. The Balaban J connectivity index is 1.67. The summed E-state index contributed by atoms with van der Waals surface area (Å²) >= 11 is 13.2. The Kier molecular flexibility index (Phi) is 5.38. The molecule has 0 unspecified atom stereocenters. The van der Waals surface area contributed by atoms with Gasteiger partial charge in [-0.25, -0.2) is 0 Å². The lowest BCUT2D eigenvalue weighted by atomic mass is 10.2. The molecule has 0 aliphatic rings. The van der Waals surface area contributed by atoms with Crippen LogP contribution in [0.25, 0.3) is 0 Å². The first-order valence-electron chi connectivity index (χ1n) is 7.24. The topological polar surface area (TPSA) is 58.2 Å². The number of amides is 2. The summed E-state index contributed by atoms with van der Waals surface area (Å²) in [5.41, 5.74) is 1.53. The van der Waals surface area contributed by atoms with Crippen molar-refractivity contribution in [1.82, 2.24) is 0 Å². The molecule has 2 aromatic carbocycles. The number of rotatable bonds is 4. The number of benzene rings is 2. The van der Waals surface area contributed by atoms with E-state index in [0.717, 1.165) is 0 Å². The molecule has 2 N–H and O–H groups in total. The lowest BCUT2D eigenvalue weighted by molar-refractivity contribution is 0.102. The number of anilines is 2. The van der Waals surface area contributed by atoms with Gasteiger partial charge < -0.3 is 10.6 Å². The van der Waals surface area contributed by atoms with E-state index in [4.69, 9.17) is 23.2 Å². The van der Waals surface area contributed by atoms with Gasteiger partial charge in [0.25, 0.3) is 11.8 Å². The van der Waals surface area contributed by atoms with Gasteiger partial charge in [-0.3, -0.25) is 9.59 Å². The standard InChI is InChI=1S/C18H12Cl2N2O2S/c19-12-5-8-15(14(20)10-12)22-17(23)11-3-6-13(7-4-11)21-18(24)16-2-1-9-25-16/h1-10H,(H,21,24)(H,22,23). The average molecular weight is 391 g/mol. The third kappa shape index (κ3) is 4.39. The predicted molar refractivity (Wildman–Crippen MR) is 103 cm³/mol. The first-order valence-corrected chi connectivity index (χ1v) is 8.88. The van der Waals surface area contributed by atoms with Gasteiger partial charge in [0, 0.05) is 16.3 Å². The van der Waals surface area contributed by atoms with E-state index in [-0.39, 0.29) is 11.8 Å². The normalized spacial score (nSPS) is 10.3. The van der Waals surface area contributed by atoms with Crippen LogP contribution < -0.4 is 10.6 Å². The maximum Gasteiger partial charge on any atom is 0.265 e. The van der Waals surface area contributed by atoms with Gasteiger partial charge in [-0.05, 0) is 53.9 Å². The summed E-state index contributed by atoms with van der Waals surface area (Å²) in [7, 11) is 0. The first-order chi connectivity index (χ1) is 12.0. The van der Waals surface area contributed by atoms with Crippen LogP contribution in [0.5, 0.6) is 0 Å². The van der Waals surface area contributed by atoms with Crippen LogP contribution in [0.2, 0.25) is 10.0 Å². The number of halogens is 2. The Labute approximate surface area is 158 Å². The van der Waals surface area contributed by atoms with Gasteiger partial charge in [0.05, 0.1) is 15.6 Å². The fourth-order valence-electron chi connectivity index (χ4n) is 2.09. The first kappa shape index (κ1) is 17.5. The largest absolute Gasteiger partial charge is 0.321 e. The Morgan fingerprint density at radius 1 is 0.880 bits per heavy atom. The van der Waals surface area contributed by atoms with Crippen LogP contribution in [0, 0.1) is 0 Å². The zero-order valence-corrected chi connectivity index (χ0v) is 15.1. The third-order valence-corrected chi connectivity index (χ3v) is 4.75. The quantitative estimate of drug-likeness (QED) is 0.612. The van der Waals surface area contributed by atoms with Crippen LogP contribution in [-0.2, 0) is 0 Å². The molecule has 0 bridgehead atoms. The molecule has 0 saturated carbocycles. The smallest absolute Gasteiger partial charge is 0.265 e. The second-order valence-corrected chi connectivity index (χ2v) is 6.88. The van der Waals surface area contributed by atoms with Crippen LogP contribution in [0.4, 0.5) is 11.4 Å². The number of carbonyl (C=O) groups excluding carboxylic acids is 2. The molecule has 0 spiro atoms. The fraction of sp³-hybridized carbons (Fsp3) is 0. The predicted octanol–water partition coefficient (Wildman–Crippen LogP) is 5.56. The van der Waals surface area contributed by atoms with Gasteiger partial charge in [0.2, 0.25) is 0 Å². The van der Waals surface area contributed by atoms with Gasteiger partial charge in [0.15, 0.2) is 0 Å². The van der Waals surface area contributed by atoms with E-state index >= 15 is 0 Å². The minimum atomic E-state index is -0.305. The molecule has 7 heteroatoms. The summed E-state index contributed by atoms with van der Waals surface area (Å²) < 4.78 is 0. The highest BCUT2D eigenvalue weighted by Gasteiger charge is 2.10. The van der Waals surface area contributed by atoms with Crippen LogP contribution in [0.1, 0.15) is 20.0 Å². The Hall–Kier alpha value is -2.34. The molecule has 1 heterocycles. The lowest BCUT2D eigenvalue weighted by Gasteiger charge is -2.08. The second-order valence-electron chi connectivity index (χ2n) is 5.09. The molecule has 4 nitrogen and oxygen atoms in total. The summed E-state index contributed by atoms with van der Waals surface area (Å²) in [6, 6.07) is 15.0. The van der Waals surface area contributed by atoms with Crippen molar-refractivity contribution in [2.24, 2.45) is 0 Å². The van der Waals surface area contributed by atoms with Crippen molar-refractivity contribution in [3.8, 4) is 0 Å². The van der Waals surface area contributed by atoms with Gasteiger partial charge in [-0.2, -0.15) is 0 Å². The van der Waals surface area contributed by atoms with E-state index in [1.165, 1.54) is 11.3 Å². The molecule has 2 amide bonds. The van der Waals surface area contributed by atoms with Gasteiger partial charge in [-0.1, -0.05) is 29.3 Å². The van der Waals surface area contributed by atoms with E-state index in [9.17, 15) is 9.59 Å².